The highest BCUT2D eigenvalue weighted by atomic mass is 16.3. The summed E-state index contributed by atoms with van der Waals surface area (Å²) in [6.07, 6.45) is 1.50. The van der Waals surface area contributed by atoms with Crippen LogP contribution in [0.1, 0.15) is 68.1 Å². The Morgan fingerprint density at radius 1 is 1.00 bits per heavy atom. The van der Waals surface area contributed by atoms with E-state index in [9.17, 15) is 14.4 Å². The van der Waals surface area contributed by atoms with E-state index in [0.717, 1.165) is 22.2 Å². The molecule has 2 aliphatic rings. The van der Waals surface area contributed by atoms with Crippen molar-refractivity contribution in [2.75, 3.05) is 31.1 Å². The molecule has 0 radical (unpaired) electrons. The third-order valence-electron chi connectivity index (χ3n) is 6.38. The molecule has 4 heterocycles. The van der Waals surface area contributed by atoms with Crippen LogP contribution in [0.4, 0.5) is 5.82 Å². The molecule has 0 atom stereocenters. The second kappa shape index (κ2) is 8.98. The molecule has 0 N–H and O–H groups in total. The van der Waals surface area contributed by atoms with E-state index >= 15 is 0 Å². The van der Waals surface area contributed by atoms with Gasteiger partial charge >= 0.3 is 0 Å². The Morgan fingerprint density at radius 2 is 1.74 bits per heavy atom. The fraction of sp³-hybridized carbons (Fsp3) is 0.346. The number of imide groups is 1. The minimum Gasteiger partial charge on any atom is -0.467 e. The highest BCUT2D eigenvalue weighted by Crippen LogP contribution is 2.27. The molecule has 3 aromatic rings. The quantitative estimate of drug-likeness (QED) is 0.525. The Bertz CT molecular complexity index is 1290. The van der Waals surface area contributed by atoms with Gasteiger partial charge in [0, 0.05) is 49.4 Å². The SMILES string of the molecule is Cc1cc(N2CCN(C(=O)c3ccc4c(c3)C(=O)N(Cc3ccco3)C4=O)CC2)nc(C(C)C)n1. The maximum absolute atomic E-state index is 13.2. The summed E-state index contributed by atoms with van der Waals surface area (Å²) >= 11 is 0. The molecule has 0 spiro atoms. The number of fused-ring (bicyclic) bond motifs is 1. The number of furan rings is 1. The van der Waals surface area contributed by atoms with Crippen LogP contribution in [0.15, 0.2) is 47.1 Å². The van der Waals surface area contributed by atoms with E-state index in [1.54, 1.807) is 29.2 Å². The van der Waals surface area contributed by atoms with Crippen molar-refractivity contribution in [2.24, 2.45) is 0 Å². The van der Waals surface area contributed by atoms with Crippen molar-refractivity contribution < 1.29 is 18.8 Å². The summed E-state index contributed by atoms with van der Waals surface area (Å²) in [6.45, 7) is 8.54. The average Bonchev–Trinajstić information content (AvgIpc) is 3.46. The molecule has 35 heavy (non-hydrogen) atoms. The van der Waals surface area contributed by atoms with Gasteiger partial charge in [0.2, 0.25) is 0 Å². The van der Waals surface area contributed by atoms with Crippen LogP contribution in [0.2, 0.25) is 0 Å². The third-order valence-corrected chi connectivity index (χ3v) is 6.38. The molecular formula is C26H27N5O4. The Kier molecular flexibility index (Phi) is 5.84. The van der Waals surface area contributed by atoms with Gasteiger partial charge in [-0.05, 0) is 37.3 Å². The monoisotopic (exact) mass is 473 g/mol. The van der Waals surface area contributed by atoms with E-state index in [1.165, 1.54) is 12.3 Å². The van der Waals surface area contributed by atoms with Crippen molar-refractivity contribution in [2.45, 2.75) is 33.2 Å². The Hall–Kier alpha value is -4.01. The van der Waals surface area contributed by atoms with Crippen LogP contribution in [0.5, 0.6) is 0 Å². The van der Waals surface area contributed by atoms with E-state index in [1.807, 2.05) is 13.0 Å². The van der Waals surface area contributed by atoms with Crippen molar-refractivity contribution in [3.63, 3.8) is 0 Å². The van der Waals surface area contributed by atoms with Crippen molar-refractivity contribution in [3.8, 4) is 0 Å². The maximum Gasteiger partial charge on any atom is 0.261 e. The summed E-state index contributed by atoms with van der Waals surface area (Å²) in [4.78, 5) is 53.2. The number of piperazine rings is 1. The van der Waals surface area contributed by atoms with Gasteiger partial charge in [-0.1, -0.05) is 13.8 Å². The van der Waals surface area contributed by atoms with E-state index in [4.69, 9.17) is 9.40 Å². The van der Waals surface area contributed by atoms with Crippen LogP contribution in [0.25, 0.3) is 0 Å². The Morgan fingerprint density at radius 3 is 2.43 bits per heavy atom. The summed E-state index contributed by atoms with van der Waals surface area (Å²) in [7, 11) is 0. The van der Waals surface area contributed by atoms with Gasteiger partial charge in [0.25, 0.3) is 17.7 Å². The molecular weight excluding hydrogens is 446 g/mol. The van der Waals surface area contributed by atoms with Crippen LogP contribution in [-0.2, 0) is 6.54 Å². The van der Waals surface area contributed by atoms with Gasteiger partial charge < -0.3 is 14.2 Å². The minimum absolute atomic E-state index is 0.0611. The molecule has 0 bridgehead atoms. The number of hydrogen-bond acceptors (Lipinski definition) is 7. The lowest BCUT2D eigenvalue weighted by Crippen LogP contribution is -2.49. The molecule has 9 heteroatoms. The maximum atomic E-state index is 13.2. The number of carbonyl (C=O) groups is 3. The molecule has 1 aromatic carbocycles. The number of aryl methyl sites for hydroxylation is 1. The molecule has 2 aromatic heterocycles. The first-order chi connectivity index (χ1) is 16.8. The van der Waals surface area contributed by atoms with Gasteiger partial charge in [0.05, 0.1) is 23.9 Å². The standard InChI is InChI=1S/C26H27N5O4/c1-16(2)23-27-17(3)13-22(28-23)29-8-10-30(11-9-29)24(32)18-6-7-20-21(14-18)26(34)31(25(20)33)15-19-5-4-12-35-19/h4-7,12-14,16H,8-11,15H2,1-3H3. The summed E-state index contributed by atoms with van der Waals surface area (Å²) in [5, 5.41) is 0. The molecule has 2 aliphatic heterocycles. The topological polar surface area (TPSA) is 99.9 Å². The number of aromatic nitrogens is 2. The Labute approximate surface area is 203 Å². The molecule has 0 saturated carbocycles. The van der Waals surface area contributed by atoms with Gasteiger partial charge in [-0.25, -0.2) is 9.97 Å². The second-order valence-corrected chi connectivity index (χ2v) is 9.20. The molecule has 0 unspecified atom stereocenters. The van der Waals surface area contributed by atoms with Gasteiger partial charge in [-0.2, -0.15) is 0 Å². The summed E-state index contributed by atoms with van der Waals surface area (Å²) in [6, 6.07) is 10.1. The number of benzene rings is 1. The third kappa shape index (κ3) is 4.29. The lowest BCUT2D eigenvalue weighted by molar-refractivity contribution is 0.0631. The minimum atomic E-state index is -0.416. The van der Waals surface area contributed by atoms with Gasteiger partial charge in [0.1, 0.15) is 17.4 Å². The lowest BCUT2D eigenvalue weighted by Gasteiger charge is -2.35. The second-order valence-electron chi connectivity index (χ2n) is 9.20. The summed E-state index contributed by atoms with van der Waals surface area (Å²) in [5.41, 5.74) is 1.89. The fourth-order valence-corrected chi connectivity index (χ4v) is 4.44. The van der Waals surface area contributed by atoms with Crippen LogP contribution in [-0.4, -0.2) is 63.7 Å². The van der Waals surface area contributed by atoms with Gasteiger partial charge in [0.15, 0.2) is 0 Å². The zero-order valence-electron chi connectivity index (χ0n) is 20.0. The Balaban J connectivity index is 1.28. The van der Waals surface area contributed by atoms with Crippen molar-refractivity contribution in [3.05, 3.63) is 76.6 Å². The molecule has 9 nitrogen and oxygen atoms in total. The normalized spacial score (nSPS) is 15.8. The van der Waals surface area contributed by atoms with Crippen LogP contribution < -0.4 is 4.90 Å². The number of carbonyl (C=O) groups excluding carboxylic acids is 3. The van der Waals surface area contributed by atoms with Crippen LogP contribution in [0.3, 0.4) is 0 Å². The first kappa shape index (κ1) is 22.8. The summed E-state index contributed by atoms with van der Waals surface area (Å²) in [5.74, 6) is 1.51. The first-order valence-electron chi connectivity index (χ1n) is 11.7. The predicted octanol–water partition coefficient (Wildman–Crippen LogP) is 3.26. The number of nitrogens with zero attached hydrogens (tertiary/aromatic N) is 5. The van der Waals surface area contributed by atoms with Crippen molar-refractivity contribution in [1.82, 2.24) is 19.8 Å². The van der Waals surface area contributed by atoms with Crippen molar-refractivity contribution in [1.29, 1.82) is 0 Å². The smallest absolute Gasteiger partial charge is 0.261 e. The highest BCUT2D eigenvalue weighted by molar-refractivity contribution is 6.22. The number of rotatable bonds is 5. The average molecular weight is 474 g/mol. The predicted molar refractivity (Wildman–Crippen MR) is 128 cm³/mol. The first-order valence-corrected chi connectivity index (χ1v) is 11.7. The zero-order valence-corrected chi connectivity index (χ0v) is 20.0. The molecule has 1 fully saturated rings. The van der Waals surface area contributed by atoms with E-state index in [-0.39, 0.29) is 29.8 Å². The molecule has 0 aliphatic carbocycles. The number of amides is 3. The van der Waals surface area contributed by atoms with Gasteiger partial charge in [-0.3, -0.25) is 19.3 Å². The fourth-order valence-electron chi connectivity index (χ4n) is 4.44. The van der Waals surface area contributed by atoms with Crippen molar-refractivity contribution >= 4 is 23.5 Å². The number of hydrogen-bond donors (Lipinski definition) is 0. The number of anilines is 1. The molecule has 5 rings (SSSR count). The molecule has 180 valence electrons. The van der Waals surface area contributed by atoms with E-state index in [0.29, 0.717) is 43.1 Å². The van der Waals surface area contributed by atoms with E-state index in [2.05, 4.69) is 23.7 Å². The summed E-state index contributed by atoms with van der Waals surface area (Å²) < 4.78 is 5.28. The zero-order chi connectivity index (χ0) is 24.7. The largest absolute Gasteiger partial charge is 0.467 e. The van der Waals surface area contributed by atoms with E-state index < -0.39 is 5.91 Å². The van der Waals surface area contributed by atoms with Crippen LogP contribution in [0, 0.1) is 6.92 Å². The highest BCUT2D eigenvalue weighted by Gasteiger charge is 2.37. The molecule has 1 saturated heterocycles. The van der Waals surface area contributed by atoms with Gasteiger partial charge in [-0.15, -0.1) is 0 Å². The van der Waals surface area contributed by atoms with Crippen LogP contribution >= 0.6 is 0 Å². The molecule has 3 amide bonds. The lowest BCUT2D eigenvalue weighted by atomic mass is 10.0.